The highest BCUT2D eigenvalue weighted by Gasteiger charge is 2.60. The molecule has 0 spiro atoms. The Morgan fingerprint density at radius 2 is 1.90 bits per heavy atom. The standard InChI is InChI=1S/C10H16/c1-10-6-9(10)5-7-2-3-8(10)4-7/h7-9H,2-6H2,1H3/t7?,8-,9+,10?/m1/s1. The summed E-state index contributed by atoms with van der Waals surface area (Å²) in [7, 11) is 0. The molecule has 3 saturated carbocycles. The zero-order valence-corrected chi connectivity index (χ0v) is 6.77. The lowest BCUT2D eigenvalue weighted by atomic mass is 9.80. The van der Waals surface area contributed by atoms with Crippen molar-refractivity contribution in [2.24, 2.45) is 23.2 Å². The largest absolute Gasteiger partial charge is 0.0591 e. The van der Waals surface area contributed by atoms with E-state index < -0.39 is 0 Å². The summed E-state index contributed by atoms with van der Waals surface area (Å²) in [5.41, 5.74) is 0.854. The second kappa shape index (κ2) is 1.44. The summed E-state index contributed by atoms with van der Waals surface area (Å²) >= 11 is 0. The van der Waals surface area contributed by atoms with E-state index in [1.807, 2.05) is 0 Å². The van der Waals surface area contributed by atoms with E-state index in [4.69, 9.17) is 0 Å². The van der Waals surface area contributed by atoms with Crippen molar-refractivity contribution in [3.8, 4) is 0 Å². The first kappa shape index (κ1) is 5.62. The molecular formula is C10H16. The minimum absolute atomic E-state index is 0.854. The molecule has 2 bridgehead atoms. The Balaban J connectivity index is 1.94. The van der Waals surface area contributed by atoms with Crippen LogP contribution >= 0.6 is 0 Å². The van der Waals surface area contributed by atoms with Crippen LogP contribution in [0.2, 0.25) is 0 Å². The van der Waals surface area contributed by atoms with E-state index in [9.17, 15) is 0 Å². The van der Waals surface area contributed by atoms with E-state index in [2.05, 4.69) is 6.92 Å². The first-order valence-corrected chi connectivity index (χ1v) is 4.79. The molecule has 56 valence electrons. The predicted octanol–water partition coefficient (Wildman–Crippen LogP) is 2.83. The molecule has 3 aliphatic carbocycles. The third-order valence-corrected chi connectivity index (χ3v) is 4.55. The van der Waals surface area contributed by atoms with Gasteiger partial charge in [-0.1, -0.05) is 13.3 Å². The fourth-order valence-electron chi connectivity index (χ4n) is 3.61. The Morgan fingerprint density at radius 3 is 2.80 bits per heavy atom. The van der Waals surface area contributed by atoms with Crippen LogP contribution in [-0.4, -0.2) is 0 Å². The van der Waals surface area contributed by atoms with E-state index in [0.29, 0.717) is 0 Å². The number of hydrogen-bond donors (Lipinski definition) is 0. The van der Waals surface area contributed by atoms with Crippen LogP contribution in [0.25, 0.3) is 0 Å². The van der Waals surface area contributed by atoms with Crippen molar-refractivity contribution in [3.63, 3.8) is 0 Å². The maximum Gasteiger partial charge on any atom is -0.0266 e. The van der Waals surface area contributed by atoms with Crippen LogP contribution in [0.5, 0.6) is 0 Å². The SMILES string of the molecule is CC12C[C@@H]1CC1CC[C@@H]2C1. The first-order valence-electron chi connectivity index (χ1n) is 4.79. The highest BCUT2D eigenvalue weighted by molar-refractivity contribution is 5.09. The van der Waals surface area contributed by atoms with Gasteiger partial charge in [0.15, 0.2) is 0 Å². The van der Waals surface area contributed by atoms with Crippen LogP contribution in [0.15, 0.2) is 0 Å². The highest BCUT2D eigenvalue weighted by atomic mass is 14.6. The molecule has 0 nitrogen and oxygen atoms in total. The Labute approximate surface area is 63.0 Å². The summed E-state index contributed by atoms with van der Waals surface area (Å²) in [6, 6.07) is 0. The molecule has 0 aliphatic heterocycles. The average molecular weight is 136 g/mol. The van der Waals surface area contributed by atoms with Gasteiger partial charge in [0.1, 0.15) is 0 Å². The Bertz CT molecular complexity index is 171. The number of fused-ring (bicyclic) bond motifs is 4. The second-order valence-electron chi connectivity index (χ2n) is 5.02. The van der Waals surface area contributed by atoms with Gasteiger partial charge in [0.05, 0.1) is 0 Å². The Hall–Kier alpha value is 0. The molecule has 0 radical (unpaired) electrons. The van der Waals surface area contributed by atoms with Crippen molar-refractivity contribution in [2.75, 3.05) is 0 Å². The summed E-state index contributed by atoms with van der Waals surface area (Å²) in [5.74, 6) is 3.47. The fourth-order valence-corrected chi connectivity index (χ4v) is 3.61. The fraction of sp³-hybridized carbons (Fsp3) is 1.00. The first-order chi connectivity index (χ1) is 4.79. The van der Waals surface area contributed by atoms with Crippen LogP contribution in [0.1, 0.15) is 39.0 Å². The van der Waals surface area contributed by atoms with E-state index >= 15 is 0 Å². The van der Waals surface area contributed by atoms with Crippen molar-refractivity contribution >= 4 is 0 Å². The van der Waals surface area contributed by atoms with Gasteiger partial charge in [-0.05, 0) is 48.9 Å². The summed E-state index contributed by atoms with van der Waals surface area (Å²) in [6.07, 6.45) is 7.89. The van der Waals surface area contributed by atoms with Gasteiger partial charge in [0, 0.05) is 0 Å². The normalized spacial score (nSPS) is 63.9. The Morgan fingerprint density at radius 1 is 1.10 bits per heavy atom. The average Bonchev–Trinajstić information content (AvgIpc) is 2.42. The van der Waals surface area contributed by atoms with Crippen molar-refractivity contribution in [2.45, 2.75) is 39.0 Å². The van der Waals surface area contributed by atoms with E-state index in [0.717, 1.165) is 17.3 Å². The van der Waals surface area contributed by atoms with E-state index in [-0.39, 0.29) is 0 Å². The second-order valence-corrected chi connectivity index (χ2v) is 5.02. The molecule has 4 atom stereocenters. The maximum absolute atomic E-state index is 2.53. The monoisotopic (exact) mass is 136 g/mol. The van der Waals surface area contributed by atoms with Gasteiger partial charge in [0.25, 0.3) is 0 Å². The van der Waals surface area contributed by atoms with Crippen molar-refractivity contribution < 1.29 is 0 Å². The van der Waals surface area contributed by atoms with E-state index in [1.54, 1.807) is 32.1 Å². The predicted molar refractivity (Wildman–Crippen MR) is 41.7 cm³/mol. The van der Waals surface area contributed by atoms with Gasteiger partial charge in [-0.2, -0.15) is 0 Å². The third kappa shape index (κ3) is 0.500. The lowest BCUT2D eigenvalue weighted by Gasteiger charge is -2.25. The molecular weight excluding hydrogens is 120 g/mol. The van der Waals surface area contributed by atoms with Crippen LogP contribution in [0.3, 0.4) is 0 Å². The highest BCUT2D eigenvalue weighted by Crippen LogP contribution is 2.69. The molecule has 0 aromatic rings. The summed E-state index contributed by atoms with van der Waals surface area (Å²) < 4.78 is 0. The van der Waals surface area contributed by atoms with Gasteiger partial charge < -0.3 is 0 Å². The van der Waals surface area contributed by atoms with Crippen LogP contribution in [0.4, 0.5) is 0 Å². The lowest BCUT2D eigenvalue weighted by Crippen LogP contribution is -2.16. The summed E-state index contributed by atoms with van der Waals surface area (Å²) in [5, 5.41) is 0. The third-order valence-electron chi connectivity index (χ3n) is 4.55. The molecule has 0 N–H and O–H groups in total. The molecule has 3 rings (SSSR count). The van der Waals surface area contributed by atoms with Crippen molar-refractivity contribution in [3.05, 3.63) is 0 Å². The van der Waals surface area contributed by atoms with Crippen LogP contribution in [0, 0.1) is 23.2 Å². The molecule has 0 saturated heterocycles. The molecule has 3 aliphatic rings. The van der Waals surface area contributed by atoms with Crippen LogP contribution in [-0.2, 0) is 0 Å². The molecule has 0 amide bonds. The number of hydrogen-bond acceptors (Lipinski definition) is 0. The quantitative estimate of drug-likeness (QED) is 0.480. The molecule has 2 unspecified atom stereocenters. The molecule has 0 heterocycles. The minimum Gasteiger partial charge on any atom is -0.0591 e. The number of rotatable bonds is 0. The van der Waals surface area contributed by atoms with Gasteiger partial charge >= 0.3 is 0 Å². The Kier molecular flexibility index (Phi) is 0.810. The zero-order valence-electron chi connectivity index (χ0n) is 6.77. The molecule has 0 aromatic carbocycles. The molecule has 3 fully saturated rings. The van der Waals surface area contributed by atoms with Crippen LogP contribution < -0.4 is 0 Å². The molecule has 0 aromatic heterocycles. The van der Waals surface area contributed by atoms with Gasteiger partial charge in [-0.15, -0.1) is 0 Å². The summed E-state index contributed by atoms with van der Waals surface area (Å²) in [4.78, 5) is 0. The smallest absolute Gasteiger partial charge is 0.0266 e. The maximum atomic E-state index is 2.53. The molecule has 10 heavy (non-hydrogen) atoms. The summed E-state index contributed by atoms with van der Waals surface area (Å²) in [6.45, 7) is 2.53. The topological polar surface area (TPSA) is 0 Å². The zero-order chi connectivity index (χ0) is 6.77. The minimum atomic E-state index is 0.854. The van der Waals surface area contributed by atoms with Crippen molar-refractivity contribution in [1.82, 2.24) is 0 Å². The van der Waals surface area contributed by atoms with Gasteiger partial charge in [0.2, 0.25) is 0 Å². The van der Waals surface area contributed by atoms with Gasteiger partial charge in [-0.25, -0.2) is 0 Å². The molecule has 0 heteroatoms. The van der Waals surface area contributed by atoms with Gasteiger partial charge in [-0.3, -0.25) is 0 Å². The van der Waals surface area contributed by atoms with Crippen molar-refractivity contribution in [1.29, 1.82) is 0 Å². The lowest BCUT2D eigenvalue weighted by molar-refractivity contribution is 0.247. The van der Waals surface area contributed by atoms with E-state index in [1.165, 1.54) is 5.92 Å².